The summed E-state index contributed by atoms with van der Waals surface area (Å²) >= 11 is 1.24. The van der Waals surface area contributed by atoms with Crippen molar-refractivity contribution in [2.75, 3.05) is 19.8 Å². The Hall–Kier alpha value is -2.81. The largest absolute Gasteiger partial charge is 0.456 e. The Morgan fingerprint density at radius 2 is 1.78 bits per heavy atom. The Bertz CT molecular complexity index is 978. The second-order valence-electron chi connectivity index (χ2n) is 6.02. The maximum atomic E-state index is 12.5. The van der Waals surface area contributed by atoms with E-state index in [1.807, 2.05) is 0 Å². The van der Waals surface area contributed by atoms with Crippen molar-refractivity contribution < 1.29 is 14.3 Å². The van der Waals surface area contributed by atoms with Crippen molar-refractivity contribution in [3.8, 4) is 0 Å². The SMILES string of the molecule is CN(C)C(=O)CSc1ccccc1C(=O)OCc1cc(=O)n(C)c(=O)n1C. The number of carbonyl (C=O) groups is 2. The molecule has 2 aromatic rings. The number of esters is 1. The van der Waals surface area contributed by atoms with Gasteiger partial charge in [0.15, 0.2) is 0 Å². The van der Waals surface area contributed by atoms with Gasteiger partial charge in [-0.15, -0.1) is 11.8 Å². The van der Waals surface area contributed by atoms with Crippen LogP contribution in [0.15, 0.2) is 44.8 Å². The molecular weight excluding hydrogens is 370 g/mol. The van der Waals surface area contributed by atoms with E-state index in [2.05, 4.69) is 0 Å². The number of hydrogen-bond donors (Lipinski definition) is 0. The third-order valence-electron chi connectivity index (χ3n) is 3.93. The smallest absolute Gasteiger partial charge is 0.339 e. The van der Waals surface area contributed by atoms with Crippen molar-refractivity contribution in [3.05, 3.63) is 62.4 Å². The monoisotopic (exact) mass is 391 g/mol. The molecule has 0 aliphatic rings. The zero-order chi connectivity index (χ0) is 20.1. The number of carbonyl (C=O) groups excluding carboxylic acids is 2. The molecule has 1 heterocycles. The molecule has 1 amide bonds. The van der Waals surface area contributed by atoms with Crippen LogP contribution in [-0.2, 0) is 30.2 Å². The topological polar surface area (TPSA) is 90.6 Å². The van der Waals surface area contributed by atoms with Crippen molar-refractivity contribution >= 4 is 23.6 Å². The second kappa shape index (κ2) is 8.72. The van der Waals surface area contributed by atoms with Gasteiger partial charge >= 0.3 is 11.7 Å². The van der Waals surface area contributed by atoms with Crippen LogP contribution in [0.3, 0.4) is 0 Å². The molecule has 0 atom stereocenters. The summed E-state index contributed by atoms with van der Waals surface area (Å²) in [5.41, 5.74) is -0.346. The molecule has 0 unspecified atom stereocenters. The van der Waals surface area contributed by atoms with E-state index in [9.17, 15) is 19.2 Å². The van der Waals surface area contributed by atoms with Crippen molar-refractivity contribution in [3.63, 3.8) is 0 Å². The quantitative estimate of drug-likeness (QED) is 0.530. The standard InChI is InChI=1S/C18H21N3O5S/c1-19(2)16(23)11-27-14-8-6-5-7-13(14)17(24)26-10-12-9-15(22)21(4)18(25)20(12)3/h5-9H,10-11H2,1-4H3. The Balaban J connectivity index is 2.15. The highest BCUT2D eigenvalue weighted by atomic mass is 32.2. The van der Waals surface area contributed by atoms with Crippen LogP contribution in [-0.4, -0.2) is 45.8 Å². The minimum atomic E-state index is -0.594. The summed E-state index contributed by atoms with van der Waals surface area (Å²) in [5.74, 6) is -0.470. The molecule has 1 aromatic carbocycles. The zero-order valence-corrected chi connectivity index (χ0v) is 16.4. The summed E-state index contributed by atoms with van der Waals surface area (Å²) in [4.78, 5) is 50.0. The number of rotatable bonds is 6. The van der Waals surface area contributed by atoms with Gasteiger partial charge in [-0.2, -0.15) is 0 Å². The molecule has 0 radical (unpaired) electrons. The molecule has 0 spiro atoms. The minimum absolute atomic E-state index is 0.0710. The predicted molar refractivity (Wildman–Crippen MR) is 102 cm³/mol. The van der Waals surface area contributed by atoms with Crippen LogP contribution in [0.25, 0.3) is 0 Å². The van der Waals surface area contributed by atoms with Crippen LogP contribution in [0.2, 0.25) is 0 Å². The Kier molecular flexibility index (Phi) is 6.62. The van der Waals surface area contributed by atoms with Crippen LogP contribution in [0, 0.1) is 0 Å². The lowest BCUT2D eigenvalue weighted by atomic mass is 10.2. The molecule has 8 nitrogen and oxygen atoms in total. The molecule has 1 aromatic heterocycles. The van der Waals surface area contributed by atoms with Crippen molar-refractivity contribution in [2.45, 2.75) is 11.5 Å². The van der Waals surface area contributed by atoms with Crippen molar-refractivity contribution in [2.24, 2.45) is 14.1 Å². The molecule has 0 aliphatic heterocycles. The third-order valence-corrected chi connectivity index (χ3v) is 4.99. The van der Waals surface area contributed by atoms with Crippen molar-refractivity contribution in [1.29, 1.82) is 0 Å². The van der Waals surface area contributed by atoms with E-state index >= 15 is 0 Å². The number of hydrogen-bond acceptors (Lipinski definition) is 6. The third kappa shape index (κ3) is 4.88. The molecule has 27 heavy (non-hydrogen) atoms. The molecular formula is C18H21N3O5S. The lowest BCUT2D eigenvalue weighted by Crippen LogP contribution is -2.38. The van der Waals surface area contributed by atoms with Crippen molar-refractivity contribution in [1.82, 2.24) is 14.0 Å². The lowest BCUT2D eigenvalue weighted by molar-refractivity contribution is -0.125. The van der Waals surface area contributed by atoms with Gasteiger partial charge in [-0.1, -0.05) is 12.1 Å². The molecule has 144 valence electrons. The van der Waals surface area contributed by atoms with Crippen LogP contribution in [0.4, 0.5) is 0 Å². The predicted octanol–water partition coefficient (Wildman–Crippen LogP) is 0.621. The van der Waals surface area contributed by atoms with E-state index in [1.54, 1.807) is 38.4 Å². The van der Waals surface area contributed by atoms with Crippen LogP contribution in [0.5, 0.6) is 0 Å². The van der Waals surface area contributed by atoms with E-state index in [0.29, 0.717) is 16.2 Å². The van der Waals surface area contributed by atoms with Gasteiger partial charge in [0.2, 0.25) is 5.91 Å². The number of thioether (sulfide) groups is 1. The fourth-order valence-electron chi connectivity index (χ4n) is 2.16. The van der Waals surface area contributed by atoms with Gasteiger partial charge in [0.25, 0.3) is 5.56 Å². The number of nitrogens with zero attached hydrogens (tertiary/aromatic N) is 3. The first-order valence-corrected chi connectivity index (χ1v) is 9.06. The first kappa shape index (κ1) is 20.5. The highest BCUT2D eigenvalue weighted by Gasteiger charge is 2.16. The number of amides is 1. The average Bonchev–Trinajstić information content (AvgIpc) is 2.66. The van der Waals surface area contributed by atoms with E-state index in [4.69, 9.17) is 4.74 Å². The fourth-order valence-corrected chi connectivity index (χ4v) is 3.18. The second-order valence-corrected chi connectivity index (χ2v) is 7.04. The maximum Gasteiger partial charge on any atom is 0.339 e. The van der Waals surface area contributed by atoms with Gasteiger partial charge in [0.1, 0.15) is 6.61 Å². The van der Waals surface area contributed by atoms with E-state index in [-0.39, 0.29) is 18.3 Å². The van der Waals surface area contributed by atoms with Crippen LogP contribution in [0.1, 0.15) is 16.1 Å². The maximum absolute atomic E-state index is 12.5. The molecule has 2 rings (SSSR count). The summed E-state index contributed by atoms with van der Waals surface area (Å²) in [7, 11) is 6.21. The van der Waals surface area contributed by atoms with Gasteiger partial charge in [-0.05, 0) is 12.1 Å². The minimum Gasteiger partial charge on any atom is -0.456 e. The van der Waals surface area contributed by atoms with Crippen LogP contribution < -0.4 is 11.2 Å². The van der Waals surface area contributed by atoms with Gasteiger partial charge in [0.05, 0.1) is 17.0 Å². The highest BCUT2D eigenvalue weighted by molar-refractivity contribution is 8.00. The first-order chi connectivity index (χ1) is 12.7. The van der Waals surface area contributed by atoms with Gasteiger partial charge in [0, 0.05) is 39.2 Å². The van der Waals surface area contributed by atoms with Gasteiger partial charge < -0.3 is 9.64 Å². The number of ether oxygens (including phenoxy) is 1. The van der Waals surface area contributed by atoms with E-state index in [0.717, 1.165) is 4.57 Å². The number of benzene rings is 1. The summed E-state index contributed by atoms with van der Waals surface area (Å²) in [6.45, 7) is -0.212. The normalized spacial score (nSPS) is 10.5. The zero-order valence-electron chi connectivity index (χ0n) is 15.6. The van der Waals surface area contributed by atoms with E-state index < -0.39 is 17.2 Å². The summed E-state index contributed by atoms with van der Waals surface area (Å²) in [6, 6.07) is 8.06. The Labute approximate surface area is 160 Å². The molecule has 0 bridgehead atoms. The molecule has 0 fully saturated rings. The summed E-state index contributed by atoms with van der Waals surface area (Å²) in [6.07, 6.45) is 0. The lowest BCUT2D eigenvalue weighted by Gasteiger charge is -2.13. The van der Waals surface area contributed by atoms with E-state index in [1.165, 1.54) is 41.4 Å². The molecule has 0 saturated heterocycles. The van der Waals surface area contributed by atoms with Crippen LogP contribution >= 0.6 is 11.8 Å². The Morgan fingerprint density at radius 3 is 2.44 bits per heavy atom. The average molecular weight is 391 g/mol. The molecule has 0 saturated carbocycles. The number of aromatic nitrogens is 2. The van der Waals surface area contributed by atoms with Gasteiger partial charge in [-0.25, -0.2) is 9.59 Å². The fraction of sp³-hybridized carbons (Fsp3) is 0.333. The summed E-state index contributed by atoms with van der Waals surface area (Å²) in [5, 5.41) is 0. The first-order valence-electron chi connectivity index (χ1n) is 8.07. The summed E-state index contributed by atoms with van der Waals surface area (Å²) < 4.78 is 7.51. The Morgan fingerprint density at radius 1 is 1.11 bits per heavy atom. The highest BCUT2D eigenvalue weighted by Crippen LogP contribution is 2.23. The molecule has 9 heteroatoms. The molecule has 0 N–H and O–H groups in total. The molecule has 0 aliphatic carbocycles. The van der Waals surface area contributed by atoms with Gasteiger partial charge in [-0.3, -0.25) is 18.7 Å².